The predicted molar refractivity (Wildman–Crippen MR) is 64.3 cm³/mol. The maximum Gasteiger partial charge on any atom is 0.223 e. The van der Waals surface area contributed by atoms with E-state index in [1.807, 2.05) is 30.3 Å². The third kappa shape index (κ3) is 2.50. The van der Waals surface area contributed by atoms with Crippen molar-refractivity contribution in [1.29, 1.82) is 0 Å². The highest BCUT2D eigenvalue weighted by molar-refractivity contribution is 5.78. The van der Waals surface area contributed by atoms with Crippen molar-refractivity contribution in [2.45, 2.75) is 38.0 Å². The minimum Gasteiger partial charge on any atom is -0.370 e. The van der Waals surface area contributed by atoms with Crippen LogP contribution in [0.5, 0.6) is 0 Å². The molecule has 2 fully saturated rings. The lowest BCUT2D eigenvalue weighted by molar-refractivity contribution is -0.125. The number of amides is 1. The van der Waals surface area contributed by atoms with Crippen LogP contribution in [0.1, 0.15) is 24.8 Å². The van der Waals surface area contributed by atoms with Crippen LogP contribution in [0.4, 0.5) is 0 Å². The van der Waals surface area contributed by atoms with E-state index in [4.69, 9.17) is 4.74 Å². The second kappa shape index (κ2) is 4.49. The Morgan fingerprint density at radius 2 is 2.06 bits per heavy atom. The van der Waals surface area contributed by atoms with Crippen LogP contribution in [-0.2, 0) is 16.1 Å². The first-order chi connectivity index (χ1) is 8.33. The molecule has 1 heterocycles. The van der Waals surface area contributed by atoms with Crippen molar-refractivity contribution in [2.24, 2.45) is 5.92 Å². The fraction of sp³-hybridized carbons (Fsp3) is 0.500. The molecule has 2 aliphatic rings. The molecule has 0 aromatic heterocycles. The van der Waals surface area contributed by atoms with Gasteiger partial charge in [0.2, 0.25) is 5.91 Å². The molecule has 0 radical (unpaired) electrons. The highest BCUT2D eigenvalue weighted by Crippen LogP contribution is 2.39. The number of hydrogen-bond acceptors (Lipinski definition) is 2. The highest BCUT2D eigenvalue weighted by atomic mass is 16.6. The quantitative estimate of drug-likeness (QED) is 0.807. The predicted octanol–water partition coefficient (Wildman–Crippen LogP) is 1.87. The molecule has 1 amide bonds. The zero-order valence-electron chi connectivity index (χ0n) is 9.76. The maximum atomic E-state index is 12.0. The summed E-state index contributed by atoms with van der Waals surface area (Å²) in [6.45, 7) is 0.630. The number of carbonyl (C=O) groups excluding carboxylic acids is 1. The van der Waals surface area contributed by atoms with Gasteiger partial charge in [0.15, 0.2) is 0 Å². The number of hydrogen-bond donors (Lipinski definition) is 1. The van der Waals surface area contributed by atoms with Crippen LogP contribution in [-0.4, -0.2) is 18.1 Å². The fourth-order valence-corrected chi connectivity index (χ4v) is 2.57. The zero-order valence-corrected chi connectivity index (χ0v) is 9.76. The largest absolute Gasteiger partial charge is 0.370 e. The van der Waals surface area contributed by atoms with Crippen molar-refractivity contribution in [3.05, 3.63) is 35.9 Å². The third-order valence-corrected chi connectivity index (χ3v) is 3.68. The van der Waals surface area contributed by atoms with Gasteiger partial charge in [0.25, 0.3) is 0 Å². The molecule has 0 spiro atoms. The molecule has 1 N–H and O–H groups in total. The van der Waals surface area contributed by atoms with Gasteiger partial charge in [-0.1, -0.05) is 30.3 Å². The normalized spacial score (nSPS) is 30.5. The van der Waals surface area contributed by atoms with Crippen molar-refractivity contribution < 1.29 is 9.53 Å². The lowest BCUT2D eigenvalue weighted by atomic mass is 9.88. The first-order valence-electron chi connectivity index (χ1n) is 6.30. The average molecular weight is 231 g/mol. The van der Waals surface area contributed by atoms with Crippen molar-refractivity contribution >= 4 is 5.91 Å². The Morgan fingerprint density at radius 1 is 1.24 bits per heavy atom. The van der Waals surface area contributed by atoms with Crippen LogP contribution < -0.4 is 5.32 Å². The molecule has 0 bridgehead atoms. The Morgan fingerprint density at radius 3 is 2.82 bits per heavy atom. The summed E-state index contributed by atoms with van der Waals surface area (Å²) < 4.78 is 5.44. The van der Waals surface area contributed by atoms with Gasteiger partial charge in [-0.05, 0) is 24.8 Å². The molecule has 3 rings (SSSR count). The summed E-state index contributed by atoms with van der Waals surface area (Å²) in [5.41, 5.74) is 1.15. The van der Waals surface area contributed by atoms with E-state index in [0.29, 0.717) is 18.8 Å². The van der Waals surface area contributed by atoms with Gasteiger partial charge in [0.1, 0.15) is 0 Å². The average Bonchev–Trinajstić information content (AvgIpc) is 3.15. The molecule has 3 unspecified atom stereocenters. The molecular weight excluding hydrogens is 214 g/mol. The molecular formula is C14H17NO2. The van der Waals surface area contributed by atoms with Gasteiger partial charge in [0, 0.05) is 12.5 Å². The highest BCUT2D eigenvalue weighted by Gasteiger charge is 2.45. The minimum absolute atomic E-state index is 0.155. The number of epoxide rings is 1. The maximum absolute atomic E-state index is 12.0. The Bertz CT molecular complexity index is 404. The van der Waals surface area contributed by atoms with E-state index in [1.165, 1.54) is 0 Å². The van der Waals surface area contributed by atoms with Crippen LogP contribution in [0.25, 0.3) is 0 Å². The van der Waals surface area contributed by atoms with Gasteiger partial charge >= 0.3 is 0 Å². The van der Waals surface area contributed by atoms with E-state index in [1.54, 1.807) is 0 Å². The van der Waals surface area contributed by atoms with Gasteiger partial charge in [-0.2, -0.15) is 0 Å². The van der Waals surface area contributed by atoms with Gasteiger partial charge < -0.3 is 10.1 Å². The van der Waals surface area contributed by atoms with Crippen LogP contribution in [0.2, 0.25) is 0 Å². The number of carbonyl (C=O) groups is 1. The molecule has 1 aromatic rings. The first kappa shape index (κ1) is 10.8. The van der Waals surface area contributed by atoms with Crippen LogP contribution in [0.3, 0.4) is 0 Å². The summed E-state index contributed by atoms with van der Waals surface area (Å²) >= 11 is 0. The second-order valence-electron chi connectivity index (χ2n) is 4.93. The summed E-state index contributed by atoms with van der Waals surface area (Å²) in [5.74, 6) is 0.338. The monoisotopic (exact) mass is 231 g/mol. The Labute approximate surface area is 101 Å². The number of rotatable bonds is 3. The van der Waals surface area contributed by atoms with E-state index in [-0.39, 0.29) is 11.8 Å². The van der Waals surface area contributed by atoms with Gasteiger partial charge in [0.05, 0.1) is 12.2 Å². The number of fused-ring (bicyclic) bond motifs is 1. The molecule has 1 saturated heterocycles. The molecule has 3 nitrogen and oxygen atoms in total. The molecule has 17 heavy (non-hydrogen) atoms. The lowest BCUT2D eigenvalue weighted by Gasteiger charge is -2.18. The first-order valence-corrected chi connectivity index (χ1v) is 6.30. The Balaban J connectivity index is 1.50. The molecule has 1 saturated carbocycles. The topological polar surface area (TPSA) is 41.6 Å². The van der Waals surface area contributed by atoms with Gasteiger partial charge in [-0.3, -0.25) is 4.79 Å². The number of ether oxygens (including phenoxy) is 1. The van der Waals surface area contributed by atoms with E-state index in [9.17, 15) is 4.79 Å². The molecule has 90 valence electrons. The summed E-state index contributed by atoms with van der Waals surface area (Å²) in [6.07, 6.45) is 3.77. The molecule has 1 aliphatic heterocycles. The van der Waals surface area contributed by atoms with E-state index >= 15 is 0 Å². The Hall–Kier alpha value is -1.35. The van der Waals surface area contributed by atoms with Crippen molar-refractivity contribution in [3.63, 3.8) is 0 Å². The molecule has 3 atom stereocenters. The van der Waals surface area contributed by atoms with Crippen molar-refractivity contribution in [3.8, 4) is 0 Å². The summed E-state index contributed by atoms with van der Waals surface area (Å²) in [6, 6.07) is 10.0. The Kier molecular flexibility index (Phi) is 2.85. The van der Waals surface area contributed by atoms with Crippen LogP contribution in [0.15, 0.2) is 30.3 Å². The second-order valence-corrected chi connectivity index (χ2v) is 4.93. The van der Waals surface area contributed by atoms with Crippen LogP contribution in [0, 0.1) is 5.92 Å². The van der Waals surface area contributed by atoms with Crippen molar-refractivity contribution in [2.75, 3.05) is 0 Å². The van der Waals surface area contributed by atoms with E-state index in [0.717, 1.165) is 24.8 Å². The van der Waals surface area contributed by atoms with Crippen LogP contribution >= 0.6 is 0 Å². The summed E-state index contributed by atoms with van der Waals surface area (Å²) in [5, 5.41) is 3.01. The van der Waals surface area contributed by atoms with Gasteiger partial charge in [-0.15, -0.1) is 0 Å². The molecule has 1 aliphatic carbocycles. The summed E-state index contributed by atoms with van der Waals surface area (Å²) in [4.78, 5) is 12.0. The number of nitrogens with one attached hydrogen (secondary N) is 1. The van der Waals surface area contributed by atoms with Gasteiger partial charge in [-0.25, -0.2) is 0 Å². The zero-order chi connectivity index (χ0) is 11.7. The molecule has 3 heteroatoms. The minimum atomic E-state index is 0.155. The fourth-order valence-electron chi connectivity index (χ4n) is 2.57. The standard InChI is InChI=1S/C14H17NO2/c16-14(11-6-7-12-13(8-11)17-12)15-9-10-4-2-1-3-5-10/h1-5,11-13H,6-9H2,(H,15,16). The van der Waals surface area contributed by atoms with E-state index < -0.39 is 0 Å². The smallest absolute Gasteiger partial charge is 0.223 e. The third-order valence-electron chi connectivity index (χ3n) is 3.68. The van der Waals surface area contributed by atoms with Crippen molar-refractivity contribution in [1.82, 2.24) is 5.32 Å². The lowest BCUT2D eigenvalue weighted by Crippen LogP contribution is -2.33. The van der Waals surface area contributed by atoms with E-state index in [2.05, 4.69) is 5.32 Å². The molecule has 1 aromatic carbocycles. The SMILES string of the molecule is O=C(NCc1ccccc1)C1CCC2OC2C1. The summed E-state index contributed by atoms with van der Waals surface area (Å²) in [7, 11) is 0. The number of benzene rings is 1.